The van der Waals surface area contributed by atoms with Gasteiger partial charge in [0, 0.05) is 32.5 Å². The molecule has 7 nitrogen and oxygen atoms in total. The highest BCUT2D eigenvalue weighted by Gasteiger charge is 2.27. The number of rotatable bonds is 6. The Bertz CT molecular complexity index is 513. The minimum Gasteiger partial charge on any atom is -0.378 e. The number of hydrogen-bond acceptors (Lipinski definition) is 6. The molecule has 0 N–H and O–H groups in total. The Morgan fingerprint density at radius 1 is 1.39 bits per heavy atom. The molecule has 3 rings (SSSR count). The fourth-order valence-electron chi connectivity index (χ4n) is 3.20. The fraction of sp³-hybridized carbons (Fsp3) is 0.812. The van der Waals surface area contributed by atoms with E-state index in [4.69, 9.17) is 14.0 Å². The number of aryl methyl sites for hydroxylation is 1. The second kappa shape index (κ2) is 7.88. The minimum atomic E-state index is 0.141. The van der Waals surface area contributed by atoms with Crippen LogP contribution in [0.1, 0.15) is 49.7 Å². The summed E-state index contributed by atoms with van der Waals surface area (Å²) in [5, 5.41) is 3.99. The zero-order valence-corrected chi connectivity index (χ0v) is 13.7. The summed E-state index contributed by atoms with van der Waals surface area (Å²) in [5.74, 6) is 1.61. The van der Waals surface area contributed by atoms with Gasteiger partial charge in [0.15, 0.2) is 5.82 Å². The Morgan fingerprint density at radius 2 is 2.30 bits per heavy atom. The summed E-state index contributed by atoms with van der Waals surface area (Å²) in [5.41, 5.74) is 0. The van der Waals surface area contributed by atoms with Gasteiger partial charge in [-0.25, -0.2) is 0 Å². The van der Waals surface area contributed by atoms with E-state index in [1.807, 2.05) is 4.90 Å². The smallest absolute Gasteiger partial charge is 0.224 e. The molecule has 3 heterocycles. The number of likely N-dealkylation sites (tertiary alicyclic amines) is 1. The second-order valence-electron chi connectivity index (χ2n) is 6.31. The van der Waals surface area contributed by atoms with Gasteiger partial charge in [0.1, 0.15) is 0 Å². The van der Waals surface area contributed by atoms with E-state index in [0.29, 0.717) is 32.1 Å². The number of amides is 1. The number of piperidine rings is 1. The van der Waals surface area contributed by atoms with Crippen molar-refractivity contribution in [3.63, 3.8) is 0 Å². The van der Waals surface area contributed by atoms with Gasteiger partial charge in [0.25, 0.3) is 0 Å². The monoisotopic (exact) mass is 323 g/mol. The van der Waals surface area contributed by atoms with E-state index >= 15 is 0 Å². The molecule has 7 heteroatoms. The molecule has 23 heavy (non-hydrogen) atoms. The molecule has 0 aromatic carbocycles. The van der Waals surface area contributed by atoms with Gasteiger partial charge in [-0.05, 0) is 25.7 Å². The van der Waals surface area contributed by atoms with Crippen LogP contribution in [0.5, 0.6) is 0 Å². The van der Waals surface area contributed by atoms with E-state index in [1.165, 1.54) is 0 Å². The van der Waals surface area contributed by atoms with Crippen molar-refractivity contribution in [2.45, 2.75) is 51.0 Å². The molecule has 2 atom stereocenters. The lowest BCUT2D eigenvalue weighted by Gasteiger charge is -2.31. The lowest BCUT2D eigenvalue weighted by molar-refractivity contribution is -0.133. The Kier molecular flexibility index (Phi) is 5.61. The summed E-state index contributed by atoms with van der Waals surface area (Å²) in [6.07, 6.45) is 4.78. The fourth-order valence-corrected chi connectivity index (χ4v) is 3.20. The van der Waals surface area contributed by atoms with Gasteiger partial charge in [-0.3, -0.25) is 4.79 Å². The first-order chi connectivity index (χ1) is 11.2. The SMILES string of the molecule is Cc1nc([C@@H]2CCCN(C(=O)CCOC[C@H]3CCCO3)C2)no1. The van der Waals surface area contributed by atoms with Gasteiger partial charge in [-0.1, -0.05) is 5.16 Å². The lowest BCUT2D eigenvalue weighted by atomic mass is 9.97. The molecule has 1 amide bonds. The Balaban J connectivity index is 1.40. The van der Waals surface area contributed by atoms with Crippen LogP contribution in [0.15, 0.2) is 4.52 Å². The molecular weight excluding hydrogens is 298 g/mol. The Morgan fingerprint density at radius 3 is 3.04 bits per heavy atom. The molecule has 128 valence electrons. The predicted molar refractivity (Wildman–Crippen MR) is 82.0 cm³/mol. The van der Waals surface area contributed by atoms with Gasteiger partial charge in [0.05, 0.1) is 25.7 Å². The van der Waals surface area contributed by atoms with Crippen LogP contribution in [0, 0.1) is 6.92 Å². The average Bonchev–Trinajstić information content (AvgIpc) is 3.23. The molecule has 2 fully saturated rings. The van der Waals surface area contributed by atoms with Crippen LogP contribution in [0.25, 0.3) is 0 Å². The number of carbonyl (C=O) groups is 1. The number of hydrogen-bond donors (Lipinski definition) is 0. The third-order valence-electron chi connectivity index (χ3n) is 4.47. The van der Waals surface area contributed by atoms with E-state index in [1.54, 1.807) is 6.92 Å². The van der Waals surface area contributed by atoms with Gasteiger partial charge in [-0.2, -0.15) is 4.98 Å². The zero-order valence-electron chi connectivity index (χ0n) is 13.7. The van der Waals surface area contributed by atoms with E-state index in [0.717, 1.165) is 44.7 Å². The zero-order chi connectivity index (χ0) is 16.1. The van der Waals surface area contributed by atoms with Crippen LogP contribution in [0.3, 0.4) is 0 Å². The molecule has 2 saturated heterocycles. The largest absolute Gasteiger partial charge is 0.378 e. The average molecular weight is 323 g/mol. The van der Waals surface area contributed by atoms with E-state index < -0.39 is 0 Å². The highest BCUT2D eigenvalue weighted by molar-refractivity contribution is 5.76. The van der Waals surface area contributed by atoms with Crippen molar-refractivity contribution >= 4 is 5.91 Å². The van der Waals surface area contributed by atoms with Crippen LogP contribution in [0.2, 0.25) is 0 Å². The molecule has 0 bridgehead atoms. The summed E-state index contributed by atoms with van der Waals surface area (Å²) in [7, 11) is 0. The highest BCUT2D eigenvalue weighted by atomic mass is 16.5. The van der Waals surface area contributed by atoms with Gasteiger partial charge >= 0.3 is 0 Å². The first-order valence-electron chi connectivity index (χ1n) is 8.49. The van der Waals surface area contributed by atoms with Gasteiger partial charge in [-0.15, -0.1) is 0 Å². The van der Waals surface area contributed by atoms with Crippen molar-refractivity contribution in [1.82, 2.24) is 15.0 Å². The predicted octanol–water partition coefficient (Wildman–Crippen LogP) is 1.67. The normalized spacial score (nSPS) is 25.0. The Labute approximate surface area is 136 Å². The van der Waals surface area contributed by atoms with Crippen LogP contribution in [-0.4, -0.2) is 60.0 Å². The van der Waals surface area contributed by atoms with Crippen molar-refractivity contribution in [2.75, 3.05) is 32.9 Å². The maximum atomic E-state index is 12.3. The van der Waals surface area contributed by atoms with E-state index in [9.17, 15) is 4.79 Å². The van der Waals surface area contributed by atoms with Crippen LogP contribution in [-0.2, 0) is 14.3 Å². The van der Waals surface area contributed by atoms with Crippen LogP contribution in [0.4, 0.5) is 0 Å². The van der Waals surface area contributed by atoms with Crippen molar-refractivity contribution in [3.05, 3.63) is 11.7 Å². The number of ether oxygens (including phenoxy) is 2. The second-order valence-corrected chi connectivity index (χ2v) is 6.31. The van der Waals surface area contributed by atoms with E-state index in [2.05, 4.69) is 10.1 Å². The maximum absolute atomic E-state index is 12.3. The van der Waals surface area contributed by atoms with Crippen molar-refractivity contribution in [1.29, 1.82) is 0 Å². The van der Waals surface area contributed by atoms with E-state index in [-0.39, 0.29) is 17.9 Å². The molecule has 0 spiro atoms. The van der Waals surface area contributed by atoms with Crippen LogP contribution >= 0.6 is 0 Å². The molecule has 0 saturated carbocycles. The highest BCUT2D eigenvalue weighted by Crippen LogP contribution is 2.25. The quantitative estimate of drug-likeness (QED) is 0.741. The molecule has 1 aromatic heterocycles. The standard InChI is InChI=1S/C16H25N3O4/c1-12-17-16(18-23-12)13-4-2-7-19(10-13)15(20)6-9-21-11-14-5-3-8-22-14/h13-14H,2-11H2,1H3/t13-,14-/m1/s1. The lowest BCUT2D eigenvalue weighted by Crippen LogP contribution is -2.39. The molecule has 0 unspecified atom stereocenters. The number of carbonyl (C=O) groups excluding carboxylic acids is 1. The van der Waals surface area contributed by atoms with Gasteiger partial charge in [0.2, 0.25) is 11.8 Å². The molecule has 2 aliphatic rings. The van der Waals surface area contributed by atoms with Crippen molar-refractivity contribution < 1.29 is 18.8 Å². The van der Waals surface area contributed by atoms with Gasteiger partial charge < -0.3 is 18.9 Å². The summed E-state index contributed by atoms with van der Waals surface area (Å²) in [4.78, 5) is 18.5. The molecular formula is C16H25N3O4. The Hall–Kier alpha value is -1.47. The molecule has 1 aromatic rings. The first kappa shape index (κ1) is 16.4. The third-order valence-corrected chi connectivity index (χ3v) is 4.47. The number of aromatic nitrogens is 2. The molecule has 0 aliphatic carbocycles. The topological polar surface area (TPSA) is 77.7 Å². The van der Waals surface area contributed by atoms with Crippen LogP contribution < -0.4 is 0 Å². The van der Waals surface area contributed by atoms with Crippen molar-refractivity contribution in [3.8, 4) is 0 Å². The molecule has 0 radical (unpaired) electrons. The minimum absolute atomic E-state index is 0.141. The third kappa shape index (κ3) is 4.51. The summed E-state index contributed by atoms with van der Waals surface area (Å²) in [6.45, 7) is 5.14. The maximum Gasteiger partial charge on any atom is 0.224 e. The molecule has 2 aliphatic heterocycles. The summed E-state index contributed by atoms with van der Waals surface area (Å²) >= 11 is 0. The summed E-state index contributed by atoms with van der Waals surface area (Å²) in [6, 6.07) is 0. The number of nitrogens with zero attached hydrogens (tertiary/aromatic N) is 3. The summed E-state index contributed by atoms with van der Waals surface area (Å²) < 4.78 is 16.1. The first-order valence-corrected chi connectivity index (χ1v) is 8.49. The van der Waals surface area contributed by atoms with Crippen molar-refractivity contribution in [2.24, 2.45) is 0 Å².